The highest BCUT2D eigenvalue weighted by Crippen LogP contribution is 2.16. The third-order valence-corrected chi connectivity index (χ3v) is 5.58. The van der Waals surface area contributed by atoms with Crippen LogP contribution in [0.1, 0.15) is 18.4 Å². The Labute approximate surface area is 201 Å². The molecule has 2 N–H and O–H groups in total. The maximum atomic E-state index is 11.9. The van der Waals surface area contributed by atoms with E-state index in [-0.39, 0.29) is 36.4 Å². The van der Waals surface area contributed by atoms with Gasteiger partial charge >= 0.3 is 0 Å². The Morgan fingerprint density at radius 2 is 1.93 bits per heavy atom. The lowest BCUT2D eigenvalue weighted by atomic mass is 10.0. The fourth-order valence-corrected chi connectivity index (χ4v) is 3.42. The molecule has 0 aromatic heterocycles. The van der Waals surface area contributed by atoms with Crippen LogP contribution in [0.2, 0.25) is 5.02 Å². The van der Waals surface area contributed by atoms with Crippen molar-refractivity contribution in [1.29, 1.82) is 0 Å². The summed E-state index contributed by atoms with van der Waals surface area (Å²) in [5.74, 6) is 1.74. The fourth-order valence-electron chi connectivity index (χ4n) is 2.99. The van der Waals surface area contributed by atoms with Crippen LogP contribution in [-0.4, -0.2) is 80.0 Å². The number of nitrogens with zero attached hydrogens (tertiary/aromatic N) is 3. The number of likely N-dealkylation sites (N-methyl/N-ethyl adjacent to an activating group) is 1. The summed E-state index contributed by atoms with van der Waals surface area (Å²) in [5, 5.41) is 7.63. The molecule has 1 aromatic rings. The molecule has 164 valence electrons. The zero-order valence-electron chi connectivity index (χ0n) is 17.5. The first-order chi connectivity index (χ1) is 13.5. The Bertz CT molecular complexity index is 636. The van der Waals surface area contributed by atoms with E-state index < -0.39 is 0 Å². The minimum absolute atomic E-state index is 0. The second-order valence-electron chi connectivity index (χ2n) is 7.19. The molecule has 0 atom stereocenters. The Morgan fingerprint density at radius 1 is 1.28 bits per heavy atom. The number of thioether (sulfide) groups is 1. The number of rotatable bonds is 8. The number of nitrogens with one attached hydrogen (secondary N) is 2. The van der Waals surface area contributed by atoms with Crippen molar-refractivity contribution >= 4 is 59.2 Å². The van der Waals surface area contributed by atoms with Gasteiger partial charge in [0.1, 0.15) is 6.54 Å². The molecule has 0 aliphatic carbocycles. The van der Waals surface area contributed by atoms with E-state index in [1.54, 1.807) is 30.8 Å². The molecule has 6 nitrogen and oxygen atoms in total. The van der Waals surface area contributed by atoms with E-state index >= 15 is 0 Å². The van der Waals surface area contributed by atoms with Crippen LogP contribution in [0.15, 0.2) is 29.3 Å². The summed E-state index contributed by atoms with van der Waals surface area (Å²) >= 11 is 7.75. The molecule has 9 heteroatoms. The van der Waals surface area contributed by atoms with Crippen molar-refractivity contribution in [2.75, 3.05) is 52.3 Å². The van der Waals surface area contributed by atoms with Gasteiger partial charge in [0.25, 0.3) is 0 Å². The Hall–Kier alpha value is -0.710. The number of guanidine groups is 1. The summed E-state index contributed by atoms with van der Waals surface area (Å²) in [6, 6.07) is 8.45. The lowest BCUT2D eigenvalue weighted by molar-refractivity contribution is -0.127. The SMILES string of the molecule is CSCCNC(=NCC(=O)N(C)C)NC1CCN(Cc2ccc(Cl)cc2)CC1.I. The fraction of sp³-hybridized carbons (Fsp3) is 0.600. The normalized spacial score (nSPS) is 15.5. The minimum Gasteiger partial charge on any atom is -0.356 e. The van der Waals surface area contributed by atoms with Gasteiger partial charge in [-0.3, -0.25) is 9.69 Å². The molecule has 1 amide bonds. The quantitative estimate of drug-likeness (QED) is 0.224. The Kier molecular flexibility index (Phi) is 13.0. The second-order valence-corrected chi connectivity index (χ2v) is 8.62. The molecule has 1 fully saturated rings. The van der Waals surface area contributed by atoms with E-state index in [0.29, 0.717) is 6.04 Å². The molecule has 0 unspecified atom stereocenters. The number of aliphatic imine (C=N–C) groups is 1. The molecular formula is C20H33ClIN5OS. The maximum Gasteiger partial charge on any atom is 0.243 e. The molecule has 1 aromatic carbocycles. The van der Waals surface area contributed by atoms with Gasteiger partial charge in [0.15, 0.2) is 5.96 Å². The average Bonchev–Trinajstić information content (AvgIpc) is 2.69. The van der Waals surface area contributed by atoms with Gasteiger partial charge in [-0.05, 0) is 36.8 Å². The van der Waals surface area contributed by atoms with Gasteiger partial charge in [-0.15, -0.1) is 24.0 Å². The van der Waals surface area contributed by atoms with Crippen molar-refractivity contribution in [3.8, 4) is 0 Å². The van der Waals surface area contributed by atoms with E-state index in [9.17, 15) is 4.79 Å². The van der Waals surface area contributed by atoms with Gasteiger partial charge in [0, 0.05) is 57.1 Å². The summed E-state index contributed by atoms with van der Waals surface area (Å²) < 4.78 is 0. The molecule has 1 aliphatic rings. The smallest absolute Gasteiger partial charge is 0.243 e. The molecule has 1 saturated heterocycles. The van der Waals surface area contributed by atoms with Crippen molar-refractivity contribution in [2.45, 2.75) is 25.4 Å². The van der Waals surface area contributed by atoms with E-state index in [2.05, 4.69) is 38.9 Å². The second kappa shape index (κ2) is 14.3. The van der Waals surface area contributed by atoms with Crippen LogP contribution in [0.3, 0.4) is 0 Å². The van der Waals surface area contributed by atoms with Gasteiger partial charge < -0.3 is 15.5 Å². The number of piperidine rings is 1. The molecule has 0 bridgehead atoms. The predicted molar refractivity (Wildman–Crippen MR) is 136 cm³/mol. The molecule has 2 rings (SSSR count). The van der Waals surface area contributed by atoms with E-state index in [1.165, 1.54) is 5.56 Å². The monoisotopic (exact) mass is 553 g/mol. The maximum absolute atomic E-state index is 11.9. The number of carbonyl (C=O) groups excluding carboxylic acids is 1. The zero-order chi connectivity index (χ0) is 20.4. The summed E-state index contributed by atoms with van der Waals surface area (Å²) in [4.78, 5) is 20.4. The van der Waals surface area contributed by atoms with Crippen LogP contribution < -0.4 is 10.6 Å². The number of hydrogen-bond donors (Lipinski definition) is 2. The van der Waals surface area contributed by atoms with Crippen LogP contribution in [0.5, 0.6) is 0 Å². The summed E-state index contributed by atoms with van der Waals surface area (Å²) in [6.45, 7) is 4.02. The van der Waals surface area contributed by atoms with Crippen LogP contribution in [-0.2, 0) is 11.3 Å². The van der Waals surface area contributed by atoms with Gasteiger partial charge in [-0.2, -0.15) is 11.8 Å². The molecule has 0 spiro atoms. The van der Waals surface area contributed by atoms with Crippen LogP contribution >= 0.6 is 47.3 Å². The van der Waals surface area contributed by atoms with E-state index in [1.807, 2.05) is 12.1 Å². The predicted octanol–water partition coefficient (Wildman–Crippen LogP) is 2.91. The number of likely N-dealkylation sites (tertiary alicyclic amines) is 1. The van der Waals surface area contributed by atoms with Crippen LogP contribution in [0.25, 0.3) is 0 Å². The number of halogens is 2. The van der Waals surface area contributed by atoms with Gasteiger partial charge in [0.2, 0.25) is 5.91 Å². The third kappa shape index (κ3) is 10.2. The van der Waals surface area contributed by atoms with Crippen LogP contribution in [0, 0.1) is 0 Å². The molecule has 29 heavy (non-hydrogen) atoms. The van der Waals surface area contributed by atoms with Crippen molar-refractivity contribution in [2.24, 2.45) is 4.99 Å². The number of hydrogen-bond acceptors (Lipinski definition) is 4. The number of carbonyl (C=O) groups is 1. The van der Waals surface area contributed by atoms with E-state index in [0.717, 1.165) is 55.8 Å². The average molecular weight is 554 g/mol. The number of benzene rings is 1. The largest absolute Gasteiger partial charge is 0.356 e. The van der Waals surface area contributed by atoms with Gasteiger partial charge in [-0.1, -0.05) is 23.7 Å². The number of amides is 1. The van der Waals surface area contributed by atoms with Gasteiger partial charge in [-0.25, -0.2) is 4.99 Å². The standard InChI is InChI=1S/C20H32ClN5OS.HI/c1-25(2)19(27)14-23-20(22-10-13-28-3)24-18-8-11-26(12-9-18)15-16-4-6-17(21)7-5-16;/h4-7,18H,8-15H2,1-3H3,(H2,22,23,24);1H. The molecular weight excluding hydrogens is 521 g/mol. The molecule has 0 saturated carbocycles. The van der Waals surface area contributed by atoms with Crippen molar-refractivity contribution in [1.82, 2.24) is 20.4 Å². The van der Waals surface area contributed by atoms with Crippen molar-refractivity contribution in [3.63, 3.8) is 0 Å². The summed E-state index contributed by atoms with van der Waals surface area (Å²) in [6.07, 6.45) is 4.19. The first kappa shape index (κ1) is 26.3. The molecule has 1 heterocycles. The van der Waals surface area contributed by atoms with E-state index in [4.69, 9.17) is 11.6 Å². The molecule has 0 radical (unpaired) electrons. The highest BCUT2D eigenvalue weighted by Gasteiger charge is 2.20. The van der Waals surface area contributed by atoms with Crippen LogP contribution in [0.4, 0.5) is 0 Å². The molecule has 1 aliphatic heterocycles. The Balaban J connectivity index is 0.00000420. The highest BCUT2D eigenvalue weighted by molar-refractivity contribution is 14.0. The summed E-state index contributed by atoms with van der Waals surface area (Å²) in [7, 11) is 3.50. The highest BCUT2D eigenvalue weighted by atomic mass is 127. The van der Waals surface area contributed by atoms with Crippen molar-refractivity contribution in [3.05, 3.63) is 34.9 Å². The lowest BCUT2D eigenvalue weighted by Crippen LogP contribution is -2.49. The lowest BCUT2D eigenvalue weighted by Gasteiger charge is -2.33. The minimum atomic E-state index is 0. The third-order valence-electron chi connectivity index (χ3n) is 4.72. The first-order valence-corrected chi connectivity index (χ1v) is 11.5. The van der Waals surface area contributed by atoms with Gasteiger partial charge in [0.05, 0.1) is 0 Å². The Morgan fingerprint density at radius 3 is 2.52 bits per heavy atom. The first-order valence-electron chi connectivity index (χ1n) is 9.68. The summed E-state index contributed by atoms with van der Waals surface area (Å²) in [5.41, 5.74) is 1.29. The topological polar surface area (TPSA) is 60.0 Å². The zero-order valence-corrected chi connectivity index (χ0v) is 21.4. The van der Waals surface area contributed by atoms with Crippen molar-refractivity contribution < 1.29 is 4.79 Å².